The van der Waals surface area contributed by atoms with Crippen LogP contribution in [0.1, 0.15) is 38.9 Å². The Hall–Kier alpha value is -2.80. The van der Waals surface area contributed by atoms with E-state index < -0.39 is 0 Å². The molecule has 1 aromatic carbocycles. The molecule has 7 nitrogen and oxygen atoms in total. The molecule has 0 N–H and O–H groups in total. The Morgan fingerprint density at radius 3 is 2.32 bits per heavy atom. The summed E-state index contributed by atoms with van der Waals surface area (Å²) in [6, 6.07) is 7.84. The Bertz CT molecular complexity index is 1310. The first-order chi connectivity index (χ1) is 15.0. The first-order valence-electron chi connectivity index (χ1n) is 11.4. The van der Waals surface area contributed by atoms with Crippen LogP contribution in [0, 0.1) is 12.8 Å². The Labute approximate surface area is 181 Å². The van der Waals surface area contributed by atoms with Crippen LogP contribution >= 0.6 is 0 Å². The quantitative estimate of drug-likeness (QED) is 0.494. The molecule has 0 radical (unpaired) electrons. The van der Waals surface area contributed by atoms with Crippen molar-refractivity contribution in [2.45, 2.75) is 53.1 Å². The molecule has 1 aliphatic heterocycles. The van der Waals surface area contributed by atoms with Crippen molar-refractivity contribution in [3.05, 3.63) is 40.4 Å². The van der Waals surface area contributed by atoms with Crippen LogP contribution in [-0.4, -0.2) is 48.6 Å². The number of likely N-dealkylation sites (tertiary alicyclic amines) is 1. The van der Waals surface area contributed by atoms with E-state index in [9.17, 15) is 4.79 Å². The van der Waals surface area contributed by atoms with E-state index in [1.807, 2.05) is 35.8 Å². The van der Waals surface area contributed by atoms with Gasteiger partial charge in [0.1, 0.15) is 16.7 Å². The van der Waals surface area contributed by atoms with Crippen molar-refractivity contribution in [3.63, 3.8) is 0 Å². The Morgan fingerprint density at radius 2 is 1.61 bits per heavy atom. The van der Waals surface area contributed by atoms with Crippen molar-refractivity contribution in [2.75, 3.05) is 19.6 Å². The van der Waals surface area contributed by atoms with E-state index in [0.717, 1.165) is 48.7 Å². The van der Waals surface area contributed by atoms with Gasteiger partial charge in [-0.3, -0.25) is 9.36 Å². The van der Waals surface area contributed by atoms with Gasteiger partial charge in [-0.05, 0) is 50.9 Å². The zero-order valence-corrected chi connectivity index (χ0v) is 18.6. The second-order valence-electron chi connectivity index (χ2n) is 9.11. The highest BCUT2D eigenvalue weighted by atomic mass is 16.1. The number of benzene rings is 1. The van der Waals surface area contributed by atoms with E-state index in [-0.39, 0.29) is 5.56 Å². The number of rotatable bonds is 5. The molecule has 4 aromatic rings. The fraction of sp³-hybridized carbons (Fsp3) is 0.500. The highest BCUT2D eigenvalue weighted by Gasteiger charge is 2.22. The second kappa shape index (κ2) is 8.04. The number of aryl methyl sites for hydroxylation is 1. The number of para-hydroxylation sites is 2. The number of aromatic nitrogens is 5. The van der Waals surface area contributed by atoms with Gasteiger partial charge in [0.25, 0.3) is 5.56 Å². The lowest BCUT2D eigenvalue weighted by atomic mass is 10.1. The predicted molar refractivity (Wildman–Crippen MR) is 124 cm³/mol. The molecule has 1 fully saturated rings. The van der Waals surface area contributed by atoms with Crippen LogP contribution < -0.4 is 5.56 Å². The van der Waals surface area contributed by atoms with Gasteiger partial charge in [-0.1, -0.05) is 32.4 Å². The van der Waals surface area contributed by atoms with Gasteiger partial charge in [0.2, 0.25) is 0 Å². The van der Waals surface area contributed by atoms with Gasteiger partial charge in [-0.25, -0.2) is 15.0 Å². The number of hydrogen-bond donors (Lipinski definition) is 0. The van der Waals surface area contributed by atoms with Crippen LogP contribution in [0.2, 0.25) is 0 Å². The van der Waals surface area contributed by atoms with E-state index >= 15 is 0 Å². The summed E-state index contributed by atoms with van der Waals surface area (Å²) in [5.41, 5.74) is 3.76. The summed E-state index contributed by atoms with van der Waals surface area (Å²) >= 11 is 0. The van der Waals surface area contributed by atoms with Crippen molar-refractivity contribution in [3.8, 4) is 0 Å². The average Bonchev–Trinajstić information content (AvgIpc) is 3.04. The van der Waals surface area contributed by atoms with Crippen molar-refractivity contribution >= 4 is 33.2 Å². The summed E-state index contributed by atoms with van der Waals surface area (Å²) in [6.07, 6.45) is 3.80. The topological polar surface area (TPSA) is 68.8 Å². The summed E-state index contributed by atoms with van der Waals surface area (Å²) in [7, 11) is 0. The third-order valence-corrected chi connectivity index (χ3v) is 6.28. The van der Waals surface area contributed by atoms with Gasteiger partial charge < -0.3 is 9.47 Å². The Morgan fingerprint density at radius 1 is 0.903 bits per heavy atom. The molecule has 7 heteroatoms. The molecular weight excluding hydrogens is 388 g/mol. The Balaban J connectivity index is 1.70. The molecule has 0 bridgehead atoms. The maximum absolute atomic E-state index is 13.7. The number of nitrogens with zero attached hydrogens (tertiary/aromatic N) is 6. The van der Waals surface area contributed by atoms with E-state index in [4.69, 9.17) is 15.0 Å². The molecule has 0 aliphatic carbocycles. The molecule has 0 spiro atoms. The first-order valence-corrected chi connectivity index (χ1v) is 11.4. The molecule has 162 valence electrons. The van der Waals surface area contributed by atoms with Gasteiger partial charge in [-0.15, -0.1) is 0 Å². The minimum Gasteiger partial charge on any atom is -0.308 e. The van der Waals surface area contributed by atoms with Crippen molar-refractivity contribution < 1.29 is 0 Å². The van der Waals surface area contributed by atoms with Crippen LogP contribution in [0.4, 0.5) is 0 Å². The number of hydrogen-bond acceptors (Lipinski definition) is 5. The highest BCUT2D eigenvalue weighted by Crippen LogP contribution is 2.26. The lowest BCUT2D eigenvalue weighted by Crippen LogP contribution is -2.35. The van der Waals surface area contributed by atoms with Gasteiger partial charge in [-0.2, -0.15) is 0 Å². The van der Waals surface area contributed by atoms with E-state index in [1.165, 1.54) is 19.3 Å². The van der Waals surface area contributed by atoms with E-state index in [1.54, 1.807) is 0 Å². The minimum absolute atomic E-state index is 0.00315. The number of fused-ring (bicyclic) bond motifs is 4. The number of piperidine rings is 1. The molecule has 4 heterocycles. The van der Waals surface area contributed by atoms with Gasteiger partial charge in [0.15, 0.2) is 11.3 Å². The summed E-state index contributed by atoms with van der Waals surface area (Å²) in [5.74, 6) is 1.16. The lowest BCUT2D eigenvalue weighted by Gasteiger charge is -2.26. The summed E-state index contributed by atoms with van der Waals surface area (Å²) in [6.45, 7) is 10.8. The standard InChI is InChI=1S/C24H30N6O/c1-16(2)15-30-22-20(21-23(30)27-19-10-6-5-9-18(19)26-21)24(31)29(17(3)25-22)14-13-28-11-7-4-8-12-28/h5-6,9-10,16H,4,7-8,11-15H2,1-3H3. The molecule has 1 saturated heterocycles. The van der Waals surface area contributed by atoms with Crippen LogP contribution in [0.15, 0.2) is 29.1 Å². The maximum atomic E-state index is 13.7. The largest absolute Gasteiger partial charge is 0.308 e. The predicted octanol–water partition coefficient (Wildman–Crippen LogP) is 3.74. The summed E-state index contributed by atoms with van der Waals surface area (Å²) in [5, 5.41) is 0.596. The first kappa shape index (κ1) is 20.1. The van der Waals surface area contributed by atoms with E-state index in [2.05, 4.69) is 23.3 Å². The molecule has 5 rings (SSSR count). The van der Waals surface area contributed by atoms with Gasteiger partial charge in [0.05, 0.1) is 11.0 Å². The normalized spacial score (nSPS) is 15.6. The van der Waals surface area contributed by atoms with E-state index in [0.29, 0.717) is 29.0 Å². The molecule has 31 heavy (non-hydrogen) atoms. The monoisotopic (exact) mass is 418 g/mol. The molecule has 0 saturated carbocycles. The van der Waals surface area contributed by atoms with Crippen LogP contribution in [0.3, 0.4) is 0 Å². The van der Waals surface area contributed by atoms with Crippen molar-refractivity contribution in [2.24, 2.45) is 5.92 Å². The van der Waals surface area contributed by atoms with Crippen molar-refractivity contribution in [1.82, 2.24) is 29.0 Å². The third-order valence-electron chi connectivity index (χ3n) is 6.28. The molecule has 0 atom stereocenters. The summed E-state index contributed by atoms with van der Waals surface area (Å²) < 4.78 is 3.91. The SMILES string of the molecule is Cc1nc2c(c(=O)n1CCN1CCCCC1)c1nc3ccccc3nc1n2CC(C)C. The van der Waals surface area contributed by atoms with Gasteiger partial charge >= 0.3 is 0 Å². The van der Waals surface area contributed by atoms with Crippen LogP contribution in [-0.2, 0) is 13.1 Å². The molecule has 3 aromatic heterocycles. The maximum Gasteiger partial charge on any atom is 0.265 e. The zero-order chi connectivity index (χ0) is 21.5. The highest BCUT2D eigenvalue weighted by molar-refractivity contribution is 6.04. The fourth-order valence-electron chi connectivity index (χ4n) is 4.72. The molecule has 0 unspecified atom stereocenters. The molecular formula is C24H30N6O. The summed E-state index contributed by atoms with van der Waals surface area (Å²) in [4.78, 5) is 30.8. The lowest BCUT2D eigenvalue weighted by molar-refractivity contribution is 0.219. The molecule has 0 amide bonds. The Kier molecular flexibility index (Phi) is 5.22. The second-order valence-corrected chi connectivity index (χ2v) is 9.11. The minimum atomic E-state index is -0.00315. The third kappa shape index (κ3) is 3.61. The smallest absolute Gasteiger partial charge is 0.265 e. The zero-order valence-electron chi connectivity index (χ0n) is 18.6. The van der Waals surface area contributed by atoms with Gasteiger partial charge in [0, 0.05) is 19.6 Å². The van der Waals surface area contributed by atoms with Crippen molar-refractivity contribution in [1.29, 1.82) is 0 Å². The fourth-order valence-corrected chi connectivity index (χ4v) is 4.72. The molecule has 1 aliphatic rings. The van der Waals surface area contributed by atoms with Crippen LogP contribution in [0.25, 0.3) is 33.2 Å². The average molecular weight is 419 g/mol. The van der Waals surface area contributed by atoms with Crippen LogP contribution in [0.5, 0.6) is 0 Å².